The van der Waals surface area contributed by atoms with Crippen molar-refractivity contribution < 1.29 is 19.4 Å². The summed E-state index contributed by atoms with van der Waals surface area (Å²) in [5.74, 6) is 0.822. The second-order valence-corrected chi connectivity index (χ2v) is 4.85. The van der Waals surface area contributed by atoms with Gasteiger partial charge < -0.3 is 14.6 Å². The van der Waals surface area contributed by atoms with Crippen molar-refractivity contribution in [2.24, 2.45) is 0 Å². The summed E-state index contributed by atoms with van der Waals surface area (Å²) < 4.78 is 11.0. The van der Waals surface area contributed by atoms with E-state index in [-0.39, 0.29) is 6.54 Å². The van der Waals surface area contributed by atoms with Gasteiger partial charge >= 0.3 is 5.97 Å². The van der Waals surface area contributed by atoms with Gasteiger partial charge in [-0.1, -0.05) is 0 Å². The molecule has 0 bridgehead atoms. The number of ether oxygens (including phenoxy) is 2. The molecule has 0 heterocycles. The van der Waals surface area contributed by atoms with Gasteiger partial charge in [-0.2, -0.15) is 0 Å². The van der Waals surface area contributed by atoms with Crippen molar-refractivity contribution in [1.29, 1.82) is 0 Å². The van der Waals surface area contributed by atoms with E-state index in [4.69, 9.17) is 14.6 Å². The molecule has 5 nitrogen and oxygen atoms in total. The van der Waals surface area contributed by atoms with Crippen molar-refractivity contribution in [1.82, 2.24) is 4.90 Å². The first-order valence-electron chi connectivity index (χ1n) is 7.00. The van der Waals surface area contributed by atoms with E-state index in [9.17, 15) is 4.79 Å². The van der Waals surface area contributed by atoms with Crippen LogP contribution in [0.1, 0.15) is 19.8 Å². The zero-order valence-electron chi connectivity index (χ0n) is 11.7. The van der Waals surface area contributed by atoms with Gasteiger partial charge in [0.15, 0.2) is 0 Å². The molecule has 1 fully saturated rings. The highest BCUT2D eigenvalue weighted by molar-refractivity contribution is 5.69. The zero-order chi connectivity index (χ0) is 14.4. The maximum atomic E-state index is 10.8. The Kier molecular flexibility index (Phi) is 5.24. The summed E-state index contributed by atoms with van der Waals surface area (Å²) in [6.45, 7) is 3.82. The van der Waals surface area contributed by atoms with Crippen LogP contribution in [0, 0.1) is 0 Å². The van der Waals surface area contributed by atoms with Crippen LogP contribution in [0.15, 0.2) is 24.3 Å². The lowest BCUT2D eigenvalue weighted by Crippen LogP contribution is -2.35. The van der Waals surface area contributed by atoms with Gasteiger partial charge in [0.25, 0.3) is 0 Å². The molecule has 0 spiro atoms. The van der Waals surface area contributed by atoms with Crippen molar-refractivity contribution in [2.75, 3.05) is 26.3 Å². The number of benzene rings is 1. The van der Waals surface area contributed by atoms with Crippen molar-refractivity contribution in [2.45, 2.75) is 25.8 Å². The number of aliphatic carboxylic acids is 1. The van der Waals surface area contributed by atoms with Gasteiger partial charge in [0.1, 0.15) is 18.1 Å². The molecule has 0 aliphatic heterocycles. The summed E-state index contributed by atoms with van der Waals surface area (Å²) in [7, 11) is 0. The summed E-state index contributed by atoms with van der Waals surface area (Å²) in [5.41, 5.74) is 0. The lowest BCUT2D eigenvalue weighted by molar-refractivity contribution is -0.138. The molecular weight excluding hydrogens is 258 g/mol. The van der Waals surface area contributed by atoms with Crippen LogP contribution in [-0.4, -0.2) is 48.3 Å². The van der Waals surface area contributed by atoms with E-state index in [1.165, 1.54) is 0 Å². The molecule has 1 aliphatic rings. The third-order valence-electron chi connectivity index (χ3n) is 3.18. The van der Waals surface area contributed by atoms with E-state index >= 15 is 0 Å². The molecule has 1 N–H and O–H groups in total. The Labute approximate surface area is 119 Å². The van der Waals surface area contributed by atoms with Crippen LogP contribution < -0.4 is 9.47 Å². The zero-order valence-corrected chi connectivity index (χ0v) is 11.7. The van der Waals surface area contributed by atoms with Gasteiger partial charge in [0, 0.05) is 12.6 Å². The number of nitrogens with zero attached hydrogens (tertiary/aromatic N) is 1. The molecule has 1 aromatic carbocycles. The first-order chi connectivity index (χ1) is 9.69. The molecule has 1 aromatic rings. The predicted molar refractivity (Wildman–Crippen MR) is 75.3 cm³/mol. The van der Waals surface area contributed by atoms with Crippen molar-refractivity contribution in [3.05, 3.63) is 24.3 Å². The van der Waals surface area contributed by atoms with E-state index < -0.39 is 5.97 Å². The molecule has 0 radical (unpaired) electrons. The molecule has 0 saturated heterocycles. The third-order valence-corrected chi connectivity index (χ3v) is 3.18. The maximum Gasteiger partial charge on any atom is 0.317 e. The van der Waals surface area contributed by atoms with Gasteiger partial charge in [0.2, 0.25) is 0 Å². The highest BCUT2D eigenvalue weighted by Crippen LogP contribution is 2.26. The number of carboxylic acid groups (broad SMARTS) is 1. The van der Waals surface area contributed by atoms with Gasteiger partial charge in [0.05, 0.1) is 13.2 Å². The number of hydrogen-bond acceptors (Lipinski definition) is 4. The molecule has 0 amide bonds. The van der Waals surface area contributed by atoms with Gasteiger partial charge in [-0.25, -0.2) is 0 Å². The second kappa shape index (κ2) is 7.14. The molecule has 5 heteroatoms. The molecular formula is C15H21NO4. The molecule has 0 unspecified atom stereocenters. The number of carbonyl (C=O) groups is 1. The Hall–Kier alpha value is -1.75. The highest BCUT2D eigenvalue weighted by Gasteiger charge is 2.29. The van der Waals surface area contributed by atoms with E-state index in [1.807, 2.05) is 36.1 Å². The van der Waals surface area contributed by atoms with Crippen LogP contribution in [0.2, 0.25) is 0 Å². The predicted octanol–water partition coefficient (Wildman–Crippen LogP) is 2.01. The second-order valence-electron chi connectivity index (χ2n) is 4.85. The SMILES string of the molecule is CCOc1ccc(OCCN(CC(=O)O)C2CC2)cc1. The van der Waals surface area contributed by atoms with Crippen LogP contribution in [-0.2, 0) is 4.79 Å². The summed E-state index contributed by atoms with van der Waals surface area (Å²) in [4.78, 5) is 12.7. The van der Waals surface area contributed by atoms with Gasteiger partial charge in [-0.15, -0.1) is 0 Å². The number of hydrogen-bond donors (Lipinski definition) is 1. The monoisotopic (exact) mass is 279 g/mol. The van der Waals surface area contributed by atoms with Gasteiger partial charge in [-0.3, -0.25) is 9.69 Å². The minimum Gasteiger partial charge on any atom is -0.494 e. The fourth-order valence-electron chi connectivity index (χ4n) is 2.08. The van der Waals surface area contributed by atoms with Crippen LogP contribution in [0.5, 0.6) is 11.5 Å². The van der Waals surface area contributed by atoms with Crippen molar-refractivity contribution >= 4 is 5.97 Å². The molecule has 110 valence electrons. The van der Waals surface area contributed by atoms with E-state index in [0.717, 1.165) is 24.3 Å². The Bertz CT molecular complexity index is 428. The molecule has 20 heavy (non-hydrogen) atoms. The van der Waals surface area contributed by atoms with Crippen LogP contribution >= 0.6 is 0 Å². The van der Waals surface area contributed by atoms with Crippen LogP contribution in [0.3, 0.4) is 0 Å². The van der Waals surface area contributed by atoms with Gasteiger partial charge in [-0.05, 0) is 44.0 Å². The van der Waals surface area contributed by atoms with Crippen molar-refractivity contribution in [3.8, 4) is 11.5 Å². The average molecular weight is 279 g/mol. The Morgan fingerprint density at radius 2 is 1.85 bits per heavy atom. The normalized spacial score (nSPS) is 14.3. The summed E-state index contributed by atoms with van der Waals surface area (Å²) in [5, 5.41) is 8.86. The molecule has 0 aromatic heterocycles. The third kappa shape index (κ3) is 4.74. The maximum absolute atomic E-state index is 10.8. The molecule has 0 atom stereocenters. The van der Waals surface area contributed by atoms with E-state index in [2.05, 4.69) is 0 Å². The lowest BCUT2D eigenvalue weighted by atomic mass is 10.3. The first kappa shape index (κ1) is 14.7. The Morgan fingerprint density at radius 1 is 1.25 bits per heavy atom. The summed E-state index contributed by atoms with van der Waals surface area (Å²) >= 11 is 0. The van der Waals surface area contributed by atoms with E-state index in [1.54, 1.807) is 0 Å². The molecule has 1 saturated carbocycles. The van der Waals surface area contributed by atoms with Crippen LogP contribution in [0.25, 0.3) is 0 Å². The van der Waals surface area contributed by atoms with E-state index in [0.29, 0.717) is 25.8 Å². The summed E-state index contributed by atoms with van der Waals surface area (Å²) in [6.07, 6.45) is 2.19. The highest BCUT2D eigenvalue weighted by atomic mass is 16.5. The quantitative estimate of drug-likeness (QED) is 0.749. The Morgan fingerprint density at radius 3 is 2.35 bits per heavy atom. The fraction of sp³-hybridized carbons (Fsp3) is 0.533. The summed E-state index contributed by atoms with van der Waals surface area (Å²) in [6, 6.07) is 7.89. The smallest absolute Gasteiger partial charge is 0.317 e. The fourth-order valence-corrected chi connectivity index (χ4v) is 2.08. The standard InChI is InChI=1S/C15H21NO4/c1-2-19-13-5-7-14(8-6-13)20-10-9-16(11-15(17)18)12-3-4-12/h5-8,12H,2-4,9-11H2,1H3,(H,17,18). The average Bonchev–Trinajstić information content (AvgIpc) is 3.24. The van der Waals surface area contributed by atoms with Crippen molar-refractivity contribution in [3.63, 3.8) is 0 Å². The topological polar surface area (TPSA) is 59.0 Å². The number of carboxylic acids is 1. The largest absolute Gasteiger partial charge is 0.494 e. The number of rotatable bonds is 9. The lowest BCUT2D eigenvalue weighted by Gasteiger charge is -2.19. The minimum atomic E-state index is -0.780. The first-order valence-corrected chi connectivity index (χ1v) is 7.00. The van der Waals surface area contributed by atoms with Crippen LogP contribution in [0.4, 0.5) is 0 Å². The molecule has 1 aliphatic carbocycles. The Balaban J connectivity index is 1.74. The minimum absolute atomic E-state index is 0.0945. The molecule has 2 rings (SSSR count).